The minimum atomic E-state index is -2.43. The van der Waals surface area contributed by atoms with Gasteiger partial charge in [-0.15, -0.1) is 0 Å². The van der Waals surface area contributed by atoms with Crippen LogP contribution < -0.4 is 5.73 Å². The third kappa shape index (κ3) is 5.21. The molecular formula is C7H18N2OS. The van der Waals surface area contributed by atoms with Gasteiger partial charge in [-0.25, -0.2) is 0 Å². The standard InChI is InChI=1S/C7H18N2OS/c1-7(2,3)6(8)5-11(4,9)10/h6,9H,5,8H2,1-4H3. The second kappa shape index (κ2) is 3.11. The van der Waals surface area contributed by atoms with E-state index in [0.717, 1.165) is 0 Å². The van der Waals surface area contributed by atoms with Crippen molar-refractivity contribution in [2.24, 2.45) is 11.1 Å². The van der Waals surface area contributed by atoms with Gasteiger partial charge in [0.2, 0.25) is 0 Å². The Morgan fingerprint density at radius 3 is 2.00 bits per heavy atom. The molecule has 3 nitrogen and oxygen atoms in total. The Balaban J connectivity index is 4.21. The van der Waals surface area contributed by atoms with Crippen molar-refractivity contribution in [1.82, 2.24) is 0 Å². The lowest BCUT2D eigenvalue weighted by atomic mass is 9.89. The van der Waals surface area contributed by atoms with Crippen LogP contribution in [-0.4, -0.2) is 22.3 Å². The largest absolute Gasteiger partial charge is 0.326 e. The quantitative estimate of drug-likeness (QED) is 0.663. The van der Waals surface area contributed by atoms with E-state index in [0.29, 0.717) is 0 Å². The van der Waals surface area contributed by atoms with E-state index in [2.05, 4.69) is 0 Å². The molecule has 0 fully saturated rings. The first kappa shape index (κ1) is 10.9. The summed E-state index contributed by atoms with van der Waals surface area (Å²) in [7, 11) is -2.43. The van der Waals surface area contributed by atoms with Gasteiger partial charge in [0.05, 0.1) is 0 Å². The molecule has 0 rings (SSSR count). The SMILES string of the molecule is CC(C)(C)C(N)CS(C)(=N)=O. The Morgan fingerprint density at radius 1 is 1.55 bits per heavy atom. The number of nitrogens with one attached hydrogen (secondary N) is 1. The number of hydrogen-bond donors (Lipinski definition) is 2. The Hall–Kier alpha value is -0.0900. The molecule has 0 radical (unpaired) electrons. The van der Waals surface area contributed by atoms with Crippen molar-refractivity contribution in [3.05, 3.63) is 0 Å². The molecule has 0 amide bonds. The molecule has 0 heterocycles. The summed E-state index contributed by atoms with van der Waals surface area (Å²) in [5.41, 5.74) is 5.68. The Labute approximate surface area is 69.3 Å². The monoisotopic (exact) mass is 178 g/mol. The van der Waals surface area contributed by atoms with E-state index in [4.69, 9.17) is 10.5 Å². The lowest BCUT2D eigenvalue weighted by Crippen LogP contribution is -2.40. The second-order valence-corrected chi connectivity index (χ2v) is 6.49. The fourth-order valence-electron chi connectivity index (χ4n) is 0.593. The molecule has 0 spiro atoms. The Kier molecular flexibility index (Phi) is 3.08. The van der Waals surface area contributed by atoms with Crippen LogP contribution in [-0.2, 0) is 9.73 Å². The van der Waals surface area contributed by atoms with E-state index in [9.17, 15) is 4.21 Å². The topological polar surface area (TPSA) is 66.9 Å². The maximum absolute atomic E-state index is 11.0. The normalized spacial score (nSPS) is 20.8. The summed E-state index contributed by atoms with van der Waals surface area (Å²) in [4.78, 5) is 0. The zero-order chi connectivity index (χ0) is 9.28. The highest BCUT2D eigenvalue weighted by Crippen LogP contribution is 2.18. The summed E-state index contributed by atoms with van der Waals surface area (Å²) in [6.45, 7) is 5.97. The van der Waals surface area contributed by atoms with Crippen LogP contribution in [0.3, 0.4) is 0 Å². The van der Waals surface area contributed by atoms with Crippen molar-refractivity contribution in [3.8, 4) is 0 Å². The maximum atomic E-state index is 11.0. The summed E-state index contributed by atoms with van der Waals surface area (Å²) in [5, 5.41) is 0. The van der Waals surface area contributed by atoms with Crippen molar-refractivity contribution >= 4 is 9.73 Å². The zero-order valence-corrected chi connectivity index (χ0v) is 8.49. The van der Waals surface area contributed by atoms with Crippen molar-refractivity contribution < 1.29 is 4.21 Å². The number of hydrogen-bond acceptors (Lipinski definition) is 3. The van der Waals surface area contributed by atoms with Crippen molar-refractivity contribution in [2.45, 2.75) is 26.8 Å². The molecule has 3 N–H and O–H groups in total. The molecule has 0 aromatic carbocycles. The summed E-state index contributed by atoms with van der Waals surface area (Å²) < 4.78 is 18.2. The molecule has 0 saturated heterocycles. The molecule has 0 bridgehead atoms. The molecule has 0 aliphatic carbocycles. The van der Waals surface area contributed by atoms with E-state index in [1.807, 2.05) is 20.8 Å². The average molecular weight is 178 g/mol. The van der Waals surface area contributed by atoms with Crippen LogP contribution in [0.25, 0.3) is 0 Å². The molecule has 0 aromatic rings. The Morgan fingerprint density at radius 2 is 1.91 bits per heavy atom. The van der Waals surface area contributed by atoms with Crippen LogP contribution in [0.2, 0.25) is 0 Å². The Bertz CT molecular complexity index is 213. The van der Waals surface area contributed by atoms with Crippen LogP contribution in [0.5, 0.6) is 0 Å². The van der Waals surface area contributed by atoms with Gasteiger partial charge in [-0.05, 0) is 5.41 Å². The predicted octanol–water partition coefficient (Wildman–Crippen LogP) is 1.04. The van der Waals surface area contributed by atoms with Crippen LogP contribution in [0, 0.1) is 10.2 Å². The third-order valence-electron chi connectivity index (χ3n) is 1.61. The smallest absolute Gasteiger partial charge is 0.0469 e. The maximum Gasteiger partial charge on any atom is 0.0469 e. The van der Waals surface area contributed by atoms with Crippen LogP contribution in [0.1, 0.15) is 20.8 Å². The van der Waals surface area contributed by atoms with Gasteiger partial charge in [-0.2, -0.15) is 0 Å². The van der Waals surface area contributed by atoms with Crippen molar-refractivity contribution in [3.63, 3.8) is 0 Å². The molecule has 0 aliphatic rings. The van der Waals surface area contributed by atoms with Gasteiger partial charge in [0.1, 0.15) is 0 Å². The molecule has 11 heavy (non-hydrogen) atoms. The molecule has 2 unspecified atom stereocenters. The van der Waals surface area contributed by atoms with Gasteiger partial charge >= 0.3 is 0 Å². The first-order valence-electron chi connectivity index (χ1n) is 3.60. The van der Waals surface area contributed by atoms with E-state index in [-0.39, 0.29) is 17.2 Å². The highest BCUT2D eigenvalue weighted by molar-refractivity contribution is 7.91. The molecule has 68 valence electrons. The minimum absolute atomic E-state index is 0.0558. The summed E-state index contributed by atoms with van der Waals surface area (Å²) in [5.74, 6) is 0.288. The lowest BCUT2D eigenvalue weighted by molar-refractivity contribution is 0.342. The van der Waals surface area contributed by atoms with Gasteiger partial charge in [0, 0.05) is 27.8 Å². The molecule has 0 aliphatic heterocycles. The van der Waals surface area contributed by atoms with E-state index < -0.39 is 9.73 Å². The highest BCUT2D eigenvalue weighted by Gasteiger charge is 2.22. The van der Waals surface area contributed by atoms with E-state index >= 15 is 0 Å². The van der Waals surface area contributed by atoms with Crippen LogP contribution in [0.15, 0.2) is 0 Å². The van der Waals surface area contributed by atoms with Gasteiger partial charge < -0.3 is 5.73 Å². The first-order valence-corrected chi connectivity index (χ1v) is 5.73. The first-order chi connectivity index (χ1) is 4.63. The van der Waals surface area contributed by atoms with Crippen LogP contribution in [0.4, 0.5) is 0 Å². The summed E-state index contributed by atoms with van der Waals surface area (Å²) in [6, 6.07) is -0.155. The number of nitrogens with two attached hydrogens (primary N) is 1. The van der Waals surface area contributed by atoms with Gasteiger partial charge in [0.25, 0.3) is 0 Å². The van der Waals surface area contributed by atoms with Gasteiger partial charge in [-0.3, -0.25) is 8.99 Å². The molecule has 4 heteroatoms. The zero-order valence-electron chi connectivity index (χ0n) is 7.68. The van der Waals surface area contributed by atoms with Gasteiger partial charge in [-0.1, -0.05) is 20.8 Å². The fraction of sp³-hybridized carbons (Fsp3) is 1.00. The summed E-state index contributed by atoms with van der Waals surface area (Å²) in [6.07, 6.45) is 1.43. The van der Waals surface area contributed by atoms with Crippen molar-refractivity contribution in [2.75, 3.05) is 12.0 Å². The minimum Gasteiger partial charge on any atom is -0.326 e. The summed E-state index contributed by atoms with van der Waals surface area (Å²) >= 11 is 0. The van der Waals surface area contributed by atoms with E-state index in [1.165, 1.54) is 6.26 Å². The van der Waals surface area contributed by atoms with Crippen molar-refractivity contribution in [1.29, 1.82) is 4.78 Å². The van der Waals surface area contributed by atoms with Crippen LogP contribution >= 0.6 is 0 Å². The molecule has 0 aromatic heterocycles. The second-order valence-electron chi connectivity index (χ2n) is 4.14. The molecule has 0 saturated carbocycles. The molecular weight excluding hydrogens is 160 g/mol. The third-order valence-corrected chi connectivity index (χ3v) is 2.61. The average Bonchev–Trinajstić information content (AvgIpc) is 1.56. The number of rotatable bonds is 2. The highest BCUT2D eigenvalue weighted by atomic mass is 32.2. The lowest BCUT2D eigenvalue weighted by Gasteiger charge is -2.26. The molecule has 2 atom stereocenters. The fourth-order valence-corrected chi connectivity index (χ4v) is 1.78. The van der Waals surface area contributed by atoms with Gasteiger partial charge in [0.15, 0.2) is 0 Å². The predicted molar refractivity (Wildman–Crippen MR) is 49.1 cm³/mol. The van der Waals surface area contributed by atoms with E-state index in [1.54, 1.807) is 0 Å².